The molecule has 1 N–H and O–H groups in total. The number of anilines is 2. The summed E-state index contributed by atoms with van der Waals surface area (Å²) in [5.74, 6) is 0.281. The molecule has 24 heavy (non-hydrogen) atoms. The number of nitrogens with zero attached hydrogens (tertiary/aromatic N) is 1. The lowest BCUT2D eigenvalue weighted by Gasteiger charge is -2.18. The second kappa shape index (κ2) is 7.35. The Bertz CT molecular complexity index is 806. The molecule has 0 aliphatic carbocycles. The lowest BCUT2D eigenvalue weighted by molar-refractivity contribution is -0.122. The number of ether oxygens (including phenoxy) is 1. The van der Waals surface area contributed by atoms with Crippen molar-refractivity contribution in [1.82, 2.24) is 0 Å². The van der Waals surface area contributed by atoms with E-state index in [1.807, 2.05) is 18.2 Å². The molecular formula is C17H20N2O4S. The molecule has 2 aromatic carbocycles. The quantitative estimate of drug-likeness (QED) is 0.870. The summed E-state index contributed by atoms with van der Waals surface area (Å²) in [6.07, 6.45) is 0.428. The molecule has 0 unspecified atom stereocenters. The second-order valence-corrected chi connectivity index (χ2v) is 7.36. The number of rotatable bonds is 6. The minimum absolute atomic E-state index is 0.321. The highest BCUT2D eigenvalue weighted by atomic mass is 32.2. The molecule has 0 bridgehead atoms. The van der Waals surface area contributed by atoms with Crippen LogP contribution in [-0.4, -0.2) is 33.7 Å². The first-order valence-electron chi connectivity index (χ1n) is 7.34. The van der Waals surface area contributed by atoms with Crippen molar-refractivity contribution in [3.63, 3.8) is 0 Å². The number of nitrogens with one attached hydrogen (secondary N) is 1. The van der Waals surface area contributed by atoms with Gasteiger partial charge in [-0.05, 0) is 37.3 Å². The summed E-state index contributed by atoms with van der Waals surface area (Å²) in [5, 5.41) is 2.72. The maximum atomic E-state index is 12.2. The zero-order chi connectivity index (χ0) is 17.7. The number of amides is 1. The highest BCUT2D eigenvalue weighted by Crippen LogP contribution is 2.21. The monoisotopic (exact) mass is 348 g/mol. The Balaban J connectivity index is 2.06. The normalized spacial score (nSPS) is 12.3. The first-order chi connectivity index (χ1) is 11.3. The average molecular weight is 348 g/mol. The van der Waals surface area contributed by atoms with Crippen molar-refractivity contribution in [3.05, 3.63) is 54.6 Å². The van der Waals surface area contributed by atoms with E-state index in [2.05, 4.69) is 5.32 Å². The van der Waals surface area contributed by atoms with Crippen LogP contribution in [0, 0.1) is 0 Å². The van der Waals surface area contributed by atoms with E-state index in [1.54, 1.807) is 43.3 Å². The summed E-state index contributed by atoms with van der Waals surface area (Å²) >= 11 is 0. The van der Waals surface area contributed by atoms with E-state index in [9.17, 15) is 13.2 Å². The highest BCUT2D eigenvalue weighted by Gasteiger charge is 2.16. The lowest BCUT2D eigenvalue weighted by Crippen LogP contribution is -2.30. The molecule has 0 aliphatic rings. The Morgan fingerprint density at radius 2 is 1.79 bits per heavy atom. The highest BCUT2D eigenvalue weighted by molar-refractivity contribution is 7.92. The minimum Gasteiger partial charge on any atom is -0.481 e. The van der Waals surface area contributed by atoms with Gasteiger partial charge >= 0.3 is 0 Å². The van der Waals surface area contributed by atoms with Crippen molar-refractivity contribution in [2.75, 3.05) is 22.9 Å². The van der Waals surface area contributed by atoms with Crippen molar-refractivity contribution >= 4 is 27.3 Å². The van der Waals surface area contributed by atoms with Crippen LogP contribution in [0.15, 0.2) is 54.6 Å². The summed E-state index contributed by atoms with van der Waals surface area (Å²) in [7, 11) is -1.91. The van der Waals surface area contributed by atoms with E-state index >= 15 is 0 Å². The predicted molar refractivity (Wildman–Crippen MR) is 94.9 cm³/mol. The van der Waals surface area contributed by atoms with Gasteiger partial charge in [0, 0.05) is 12.7 Å². The molecular weight excluding hydrogens is 328 g/mol. The SMILES string of the molecule is C[C@H](Oc1ccccc1)C(=O)Nc1cccc(N(C)S(C)(=O)=O)c1. The van der Waals surface area contributed by atoms with Gasteiger partial charge in [-0.1, -0.05) is 24.3 Å². The van der Waals surface area contributed by atoms with Crippen LogP contribution >= 0.6 is 0 Å². The molecule has 7 heteroatoms. The smallest absolute Gasteiger partial charge is 0.265 e. The van der Waals surface area contributed by atoms with Gasteiger partial charge in [0.2, 0.25) is 10.0 Å². The number of benzene rings is 2. The fraction of sp³-hybridized carbons (Fsp3) is 0.235. The third-order valence-electron chi connectivity index (χ3n) is 3.40. The number of hydrogen-bond acceptors (Lipinski definition) is 4. The summed E-state index contributed by atoms with van der Waals surface area (Å²) in [5.41, 5.74) is 0.962. The number of hydrogen-bond donors (Lipinski definition) is 1. The Labute approximate surface area is 142 Å². The van der Waals surface area contributed by atoms with E-state index in [0.717, 1.165) is 10.6 Å². The van der Waals surface area contributed by atoms with Crippen molar-refractivity contribution in [3.8, 4) is 5.75 Å². The van der Waals surface area contributed by atoms with Crippen molar-refractivity contribution in [2.45, 2.75) is 13.0 Å². The Kier molecular flexibility index (Phi) is 5.46. The van der Waals surface area contributed by atoms with E-state index in [4.69, 9.17) is 4.74 Å². The van der Waals surface area contributed by atoms with Crippen LogP contribution in [0.5, 0.6) is 5.75 Å². The maximum absolute atomic E-state index is 12.2. The fourth-order valence-electron chi connectivity index (χ4n) is 1.97. The van der Waals surface area contributed by atoms with Crippen LogP contribution in [0.2, 0.25) is 0 Å². The standard InChI is InChI=1S/C17H20N2O4S/c1-13(23-16-10-5-4-6-11-16)17(20)18-14-8-7-9-15(12-14)19(2)24(3,21)22/h4-13H,1-3H3,(H,18,20)/t13-/m0/s1. The van der Waals surface area contributed by atoms with Crippen molar-refractivity contribution in [1.29, 1.82) is 0 Å². The summed E-state index contributed by atoms with van der Waals surface area (Å²) in [6, 6.07) is 15.7. The van der Waals surface area contributed by atoms with Gasteiger partial charge in [0.1, 0.15) is 5.75 Å². The zero-order valence-corrected chi connectivity index (χ0v) is 14.6. The third-order valence-corrected chi connectivity index (χ3v) is 4.61. The van der Waals surface area contributed by atoms with Gasteiger partial charge in [-0.3, -0.25) is 9.10 Å². The van der Waals surface area contributed by atoms with Gasteiger partial charge in [0.05, 0.1) is 11.9 Å². The van der Waals surface area contributed by atoms with Crippen molar-refractivity contribution < 1.29 is 17.9 Å². The summed E-state index contributed by atoms with van der Waals surface area (Å²) < 4.78 is 29.9. The number of sulfonamides is 1. The van der Waals surface area contributed by atoms with E-state index in [1.165, 1.54) is 7.05 Å². The van der Waals surface area contributed by atoms with Crippen LogP contribution in [0.4, 0.5) is 11.4 Å². The molecule has 0 saturated carbocycles. The average Bonchev–Trinajstić information content (AvgIpc) is 2.54. The van der Waals surface area contributed by atoms with Crippen LogP contribution in [-0.2, 0) is 14.8 Å². The van der Waals surface area contributed by atoms with E-state index in [0.29, 0.717) is 17.1 Å². The van der Waals surface area contributed by atoms with E-state index in [-0.39, 0.29) is 5.91 Å². The molecule has 0 fully saturated rings. The molecule has 2 aromatic rings. The molecule has 0 aromatic heterocycles. The molecule has 128 valence electrons. The van der Waals surface area contributed by atoms with Gasteiger partial charge in [-0.15, -0.1) is 0 Å². The van der Waals surface area contributed by atoms with Gasteiger partial charge in [-0.2, -0.15) is 0 Å². The first kappa shape index (κ1) is 17.8. The molecule has 6 nitrogen and oxygen atoms in total. The van der Waals surface area contributed by atoms with Gasteiger partial charge < -0.3 is 10.1 Å². The van der Waals surface area contributed by atoms with Crippen LogP contribution < -0.4 is 14.4 Å². The molecule has 0 radical (unpaired) electrons. The molecule has 0 saturated heterocycles. The van der Waals surface area contributed by atoms with Crippen LogP contribution in [0.3, 0.4) is 0 Å². The molecule has 0 heterocycles. The van der Waals surface area contributed by atoms with Crippen LogP contribution in [0.25, 0.3) is 0 Å². The Morgan fingerprint density at radius 1 is 1.12 bits per heavy atom. The largest absolute Gasteiger partial charge is 0.481 e. The summed E-state index contributed by atoms with van der Waals surface area (Å²) in [4.78, 5) is 12.2. The molecule has 2 rings (SSSR count). The molecule has 1 amide bonds. The predicted octanol–water partition coefficient (Wildman–Crippen LogP) is 2.49. The third kappa shape index (κ3) is 4.73. The Morgan fingerprint density at radius 3 is 2.42 bits per heavy atom. The van der Waals surface area contributed by atoms with Gasteiger partial charge in [0.25, 0.3) is 5.91 Å². The fourth-order valence-corrected chi connectivity index (χ4v) is 2.47. The van der Waals surface area contributed by atoms with Crippen molar-refractivity contribution in [2.24, 2.45) is 0 Å². The molecule has 1 atom stereocenters. The van der Waals surface area contributed by atoms with Gasteiger partial charge in [-0.25, -0.2) is 8.42 Å². The second-order valence-electron chi connectivity index (χ2n) is 5.34. The van der Waals surface area contributed by atoms with E-state index < -0.39 is 16.1 Å². The van der Waals surface area contributed by atoms with Crippen LogP contribution in [0.1, 0.15) is 6.92 Å². The molecule has 0 aliphatic heterocycles. The first-order valence-corrected chi connectivity index (χ1v) is 9.19. The Hall–Kier alpha value is -2.54. The summed E-state index contributed by atoms with van der Waals surface area (Å²) in [6.45, 7) is 1.65. The maximum Gasteiger partial charge on any atom is 0.265 e. The lowest BCUT2D eigenvalue weighted by atomic mass is 10.2. The topological polar surface area (TPSA) is 75.7 Å². The minimum atomic E-state index is -3.36. The van der Waals surface area contributed by atoms with Gasteiger partial charge in [0.15, 0.2) is 6.10 Å². The number of carbonyl (C=O) groups excluding carboxylic acids is 1. The molecule has 0 spiro atoms. The zero-order valence-electron chi connectivity index (χ0n) is 13.8. The number of carbonyl (C=O) groups is 1. The number of para-hydroxylation sites is 1.